The lowest BCUT2D eigenvalue weighted by Crippen LogP contribution is -2.26. The third-order valence-electron chi connectivity index (χ3n) is 7.51. The van der Waals surface area contributed by atoms with E-state index in [2.05, 4.69) is 35.9 Å². The topological polar surface area (TPSA) is 80.6 Å². The number of carbonyl (C=O) groups excluding carboxylic acids is 1. The van der Waals surface area contributed by atoms with Gasteiger partial charge in [0.25, 0.3) is 5.91 Å². The number of carbonyl (C=O) groups is 2. The fraction of sp³-hybridized carbons (Fsp3) is 0.333. The first-order valence-electron chi connectivity index (χ1n) is 13.6. The molecule has 0 saturated heterocycles. The van der Waals surface area contributed by atoms with E-state index in [1.807, 2.05) is 51.1 Å². The van der Waals surface area contributed by atoms with E-state index in [0.29, 0.717) is 29.3 Å². The standard InChI is InChI=1S/C33H37FN2O4/c1-19(2)26-8-7-9-27(15-26)21(4)35-32(37)28-10-11-31-30(16-28)20(3)22(5)36(31)18-25-12-24(17-34)13-29(14-25)40-23(6)33(38)39/h7-16,19,21,23H,17-18H2,1-6H3,(H,35,37)(H,38,39)/t21-,23-/m0/s1. The lowest BCUT2D eigenvalue weighted by atomic mass is 9.98. The zero-order chi connectivity index (χ0) is 29.1. The number of aromatic nitrogens is 1. The van der Waals surface area contributed by atoms with Gasteiger partial charge in [0.05, 0.1) is 6.04 Å². The van der Waals surface area contributed by atoms with Gasteiger partial charge in [-0.25, -0.2) is 9.18 Å². The molecule has 0 aliphatic carbocycles. The molecule has 2 atom stereocenters. The number of nitrogens with zero attached hydrogens (tertiary/aromatic N) is 1. The molecule has 4 aromatic rings. The molecule has 0 saturated carbocycles. The fourth-order valence-electron chi connectivity index (χ4n) is 4.95. The van der Waals surface area contributed by atoms with Crippen LogP contribution in [0.3, 0.4) is 0 Å². The molecule has 210 valence electrons. The fourth-order valence-corrected chi connectivity index (χ4v) is 4.95. The molecule has 40 heavy (non-hydrogen) atoms. The number of carboxylic acids is 1. The highest BCUT2D eigenvalue weighted by Crippen LogP contribution is 2.29. The van der Waals surface area contributed by atoms with Crippen LogP contribution in [0, 0.1) is 13.8 Å². The van der Waals surface area contributed by atoms with Crippen molar-refractivity contribution in [2.24, 2.45) is 0 Å². The van der Waals surface area contributed by atoms with Gasteiger partial charge in [-0.05, 0) is 91.8 Å². The van der Waals surface area contributed by atoms with Crippen LogP contribution in [-0.4, -0.2) is 27.7 Å². The number of hydrogen-bond acceptors (Lipinski definition) is 3. The van der Waals surface area contributed by atoms with Crippen LogP contribution >= 0.6 is 0 Å². The molecule has 0 unspecified atom stereocenters. The van der Waals surface area contributed by atoms with Crippen LogP contribution in [0.15, 0.2) is 60.7 Å². The first-order valence-corrected chi connectivity index (χ1v) is 13.6. The van der Waals surface area contributed by atoms with Crippen molar-refractivity contribution in [3.63, 3.8) is 0 Å². The summed E-state index contributed by atoms with van der Waals surface area (Å²) in [6.07, 6.45) is -1.05. The lowest BCUT2D eigenvalue weighted by Gasteiger charge is -2.17. The molecule has 4 rings (SSSR count). The van der Waals surface area contributed by atoms with Gasteiger partial charge in [-0.2, -0.15) is 0 Å². The molecule has 1 amide bonds. The van der Waals surface area contributed by atoms with Crippen molar-refractivity contribution in [2.45, 2.75) is 72.8 Å². The van der Waals surface area contributed by atoms with Crippen molar-refractivity contribution < 1.29 is 23.8 Å². The molecule has 1 aromatic heterocycles. The Hall–Kier alpha value is -4.13. The molecule has 7 heteroatoms. The number of benzene rings is 3. The Kier molecular flexibility index (Phi) is 8.62. The first-order chi connectivity index (χ1) is 19.0. The third-order valence-corrected chi connectivity index (χ3v) is 7.51. The minimum absolute atomic E-state index is 0.140. The first kappa shape index (κ1) is 28.9. The van der Waals surface area contributed by atoms with Gasteiger partial charge in [0.1, 0.15) is 12.4 Å². The number of aliphatic carboxylic acids is 1. The number of halogens is 1. The van der Waals surface area contributed by atoms with Gasteiger partial charge >= 0.3 is 5.97 Å². The molecule has 3 aromatic carbocycles. The van der Waals surface area contributed by atoms with Crippen molar-refractivity contribution in [2.75, 3.05) is 0 Å². The van der Waals surface area contributed by atoms with E-state index in [1.165, 1.54) is 18.6 Å². The average Bonchev–Trinajstić information content (AvgIpc) is 3.16. The minimum Gasteiger partial charge on any atom is -0.479 e. The van der Waals surface area contributed by atoms with Crippen molar-refractivity contribution in [3.8, 4) is 5.75 Å². The Morgan fingerprint density at radius 3 is 2.33 bits per heavy atom. The smallest absolute Gasteiger partial charge is 0.344 e. The number of fused-ring (bicyclic) bond motifs is 1. The van der Waals surface area contributed by atoms with Crippen molar-refractivity contribution >= 4 is 22.8 Å². The SMILES string of the molecule is Cc1c(C)n(Cc2cc(CF)cc(O[C@@H](C)C(=O)O)c2)c2ccc(C(=O)N[C@@H](C)c3cccc(C(C)C)c3)cc12. The van der Waals surface area contributed by atoms with Crippen LogP contribution in [0.5, 0.6) is 5.75 Å². The zero-order valence-corrected chi connectivity index (χ0v) is 23.9. The van der Waals surface area contributed by atoms with Crippen LogP contribution in [0.25, 0.3) is 10.9 Å². The van der Waals surface area contributed by atoms with Gasteiger partial charge in [-0.3, -0.25) is 4.79 Å². The van der Waals surface area contributed by atoms with Gasteiger partial charge in [0.15, 0.2) is 6.10 Å². The Labute approximate surface area is 234 Å². The van der Waals surface area contributed by atoms with E-state index in [-0.39, 0.29) is 11.9 Å². The van der Waals surface area contributed by atoms with E-state index < -0.39 is 18.7 Å². The summed E-state index contributed by atoms with van der Waals surface area (Å²) in [7, 11) is 0. The molecule has 6 nitrogen and oxygen atoms in total. The Morgan fingerprint density at radius 1 is 0.950 bits per heavy atom. The number of amides is 1. The normalized spacial score (nSPS) is 12.9. The number of alkyl halides is 1. The summed E-state index contributed by atoms with van der Waals surface area (Å²) in [6.45, 7) is 11.5. The van der Waals surface area contributed by atoms with Gasteiger partial charge in [-0.15, -0.1) is 0 Å². The Bertz CT molecular complexity index is 1560. The van der Waals surface area contributed by atoms with Crippen LogP contribution in [0.2, 0.25) is 0 Å². The van der Waals surface area contributed by atoms with Crippen LogP contribution in [0.1, 0.15) is 83.5 Å². The largest absolute Gasteiger partial charge is 0.479 e. The summed E-state index contributed by atoms with van der Waals surface area (Å²) in [5.74, 6) is -0.502. The number of aryl methyl sites for hydroxylation is 1. The zero-order valence-electron chi connectivity index (χ0n) is 23.9. The highest BCUT2D eigenvalue weighted by molar-refractivity contribution is 5.99. The minimum atomic E-state index is -1.09. The van der Waals surface area contributed by atoms with Crippen molar-refractivity contribution in [1.82, 2.24) is 9.88 Å². The number of ether oxygens (including phenoxy) is 1. The Morgan fingerprint density at radius 2 is 1.65 bits per heavy atom. The maximum atomic E-state index is 13.6. The predicted octanol–water partition coefficient (Wildman–Crippen LogP) is 7.24. The van der Waals surface area contributed by atoms with Gasteiger partial charge in [-0.1, -0.05) is 44.2 Å². The van der Waals surface area contributed by atoms with E-state index in [9.17, 15) is 19.1 Å². The van der Waals surface area contributed by atoms with E-state index in [1.54, 1.807) is 12.1 Å². The van der Waals surface area contributed by atoms with Gasteiger partial charge in [0.2, 0.25) is 0 Å². The molecule has 2 N–H and O–H groups in total. The molecule has 0 spiro atoms. The quantitative estimate of drug-likeness (QED) is 0.221. The molecule has 0 bridgehead atoms. The molecular formula is C33H37FN2O4. The second kappa shape index (κ2) is 11.9. The van der Waals surface area contributed by atoms with E-state index >= 15 is 0 Å². The molecule has 1 heterocycles. The van der Waals surface area contributed by atoms with Crippen LogP contribution in [0.4, 0.5) is 4.39 Å². The summed E-state index contributed by atoms with van der Waals surface area (Å²) in [5.41, 5.74) is 7.13. The molecule has 0 aliphatic heterocycles. The van der Waals surface area contributed by atoms with Gasteiger partial charge in [0, 0.05) is 28.7 Å². The second-order valence-corrected chi connectivity index (χ2v) is 10.8. The summed E-state index contributed by atoms with van der Waals surface area (Å²) in [4.78, 5) is 24.5. The lowest BCUT2D eigenvalue weighted by molar-refractivity contribution is -0.144. The molecule has 0 aliphatic rings. The molecular weight excluding hydrogens is 507 g/mol. The maximum Gasteiger partial charge on any atom is 0.344 e. The second-order valence-electron chi connectivity index (χ2n) is 10.8. The van der Waals surface area contributed by atoms with Gasteiger partial charge < -0.3 is 19.7 Å². The number of carboxylic acid groups (broad SMARTS) is 1. The highest BCUT2D eigenvalue weighted by atomic mass is 19.1. The average molecular weight is 545 g/mol. The number of rotatable bonds is 10. The van der Waals surface area contributed by atoms with E-state index in [4.69, 9.17) is 4.74 Å². The monoisotopic (exact) mass is 544 g/mol. The van der Waals surface area contributed by atoms with Crippen LogP contribution in [-0.2, 0) is 18.0 Å². The number of nitrogens with one attached hydrogen (secondary N) is 1. The maximum absolute atomic E-state index is 13.6. The van der Waals surface area contributed by atoms with Crippen molar-refractivity contribution in [3.05, 3.63) is 99.7 Å². The summed E-state index contributed by atoms with van der Waals surface area (Å²) in [6, 6.07) is 18.9. The summed E-state index contributed by atoms with van der Waals surface area (Å²) >= 11 is 0. The Balaban J connectivity index is 1.60. The van der Waals surface area contributed by atoms with E-state index in [0.717, 1.165) is 33.3 Å². The molecule has 0 fully saturated rings. The van der Waals surface area contributed by atoms with Crippen LogP contribution < -0.4 is 10.1 Å². The molecule has 0 radical (unpaired) electrons. The summed E-state index contributed by atoms with van der Waals surface area (Å²) in [5, 5.41) is 13.3. The highest BCUT2D eigenvalue weighted by Gasteiger charge is 2.18. The third kappa shape index (κ3) is 6.19. The van der Waals surface area contributed by atoms with Crippen molar-refractivity contribution in [1.29, 1.82) is 0 Å². The summed E-state index contributed by atoms with van der Waals surface area (Å²) < 4.78 is 21.3. The number of hydrogen-bond donors (Lipinski definition) is 2. The predicted molar refractivity (Wildman–Crippen MR) is 156 cm³/mol.